The molecular formula is C17H18O4. The lowest BCUT2D eigenvalue weighted by atomic mass is 10.0. The van der Waals surface area contributed by atoms with Crippen LogP contribution in [-0.4, -0.2) is 27.3 Å². The van der Waals surface area contributed by atoms with Crippen LogP contribution in [0.2, 0.25) is 0 Å². The normalized spacial score (nSPS) is 10.0. The Morgan fingerprint density at radius 1 is 0.857 bits per heavy atom. The third-order valence-corrected chi connectivity index (χ3v) is 3.23. The van der Waals surface area contributed by atoms with Crippen LogP contribution in [0.5, 0.6) is 11.5 Å². The van der Waals surface area contributed by atoms with Gasteiger partial charge in [-0.1, -0.05) is 18.2 Å². The Morgan fingerprint density at radius 2 is 1.48 bits per heavy atom. The number of benzene rings is 2. The van der Waals surface area contributed by atoms with Crippen LogP contribution >= 0.6 is 0 Å². The van der Waals surface area contributed by atoms with Crippen molar-refractivity contribution < 1.29 is 19.0 Å². The fraction of sp³-hybridized carbons (Fsp3) is 0.235. The minimum atomic E-state index is -0.326. The van der Waals surface area contributed by atoms with Gasteiger partial charge in [0.1, 0.15) is 0 Å². The number of hydrogen-bond donors (Lipinski definition) is 0. The second-order valence-corrected chi connectivity index (χ2v) is 4.55. The van der Waals surface area contributed by atoms with Gasteiger partial charge in [-0.3, -0.25) is 0 Å². The zero-order valence-corrected chi connectivity index (χ0v) is 12.4. The summed E-state index contributed by atoms with van der Waals surface area (Å²) in [5.41, 5.74) is 2.77. The minimum absolute atomic E-state index is 0.326. The van der Waals surface area contributed by atoms with E-state index in [1.807, 2.05) is 30.3 Å². The molecule has 0 saturated heterocycles. The third kappa shape index (κ3) is 3.54. The molecule has 0 heterocycles. The number of hydrogen-bond acceptors (Lipinski definition) is 4. The molecule has 2 rings (SSSR count). The number of carbonyl (C=O) groups is 1. The van der Waals surface area contributed by atoms with Crippen LogP contribution < -0.4 is 9.47 Å². The van der Waals surface area contributed by atoms with Crippen LogP contribution in [0.1, 0.15) is 21.5 Å². The minimum Gasteiger partial charge on any atom is -0.493 e. The lowest BCUT2D eigenvalue weighted by Gasteiger charge is -2.10. The number of ether oxygens (including phenoxy) is 3. The van der Waals surface area contributed by atoms with Crippen molar-refractivity contribution in [1.82, 2.24) is 0 Å². The standard InChI is InChI=1S/C17H18O4/c1-19-15-9-6-13(11-16(15)20-2)10-12-4-7-14(8-5-12)17(18)21-3/h4-9,11H,10H2,1-3H3. The van der Waals surface area contributed by atoms with E-state index in [0.29, 0.717) is 17.1 Å². The van der Waals surface area contributed by atoms with Crippen molar-refractivity contribution in [2.24, 2.45) is 0 Å². The second-order valence-electron chi connectivity index (χ2n) is 4.55. The van der Waals surface area contributed by atoms with Crippen molar-refractivity contribution in [2.75, 3.05) is 21.3 Å². The van der Waals surface area contributed by atoms with Crippen molar-refractivity contribution in [2.45, 2.75) is 6.42 Å². The zero-order valence-electron chi connectivity index (χ0n) is 12.4. The molecule has 4 nitrogen and oxygen atoms in total. The average molecular weight is 286 g/mol. The van der Waals surface area contributed by atoms with Crippen LogP contribution in [0.25, 0.3) is 0 Å². The van der Waals surface area contributed by atoms with Crippen molar-refractivity contribution in [1.29, 1.82) is 0 Å². The molecule has 4 heteroatoms. The highest BCUT2D eigenvalue weighted by Crippen LogP contribution is 2.28. The van der Waals surface area contributed by atoms with E-state index in [4.69, 9.17) is 9.47 Å². The van der Waals surface area contributed by atoms with Crippen molar-refractivity contribution in [3.8, 4) is 11.5 Å². The number of methoxy groups -OCH3 is 3. The summed E-state index contributed by atoms with van der Waals surface area (Å²) < 4.78 is 15.2. The van der Waals surface area contributed by atoms with Crippen molar-refractivity contribution >= 4 is 5.97 Å². The highest BCUT2D eigenvalue weighted by Gasteiger charge is 2.07. The Morgan fingerprint density at radius 3 is 2.05 bits per heavy atom. The lowest BCUT2D eigenvalue weighted by molar-refractivity contribution is 0.0600. The summed E-state index contributed by atoms with van der Waals surface area (Å²) >= 11 is 0. The van der Waals surface area contributed by atoms with E-state index in [-0.39, 0.29) is 5.97 Å². The molecule has 0 unspecified atom stereocenters. The SMILES string of the molecule is COC(=O)c1ccc(Cc2ccc(OC)c(OC)c2)cc1. The first-order chi connectivity index (χ1) is 10.2. The molecule has 0 aliphatic heterocycles. The maximum atomic E-state index is 11.4. The number of carbonyl (C=O) groups excluding carboxylic acids is 1. The van der Waals surface area contributed by atoms with Gasteiger partial charge in [0.2, 0.25) is 0 Å². The zero-order chi connectivity index (χ0) is 15.2. The summed E-state index contributed by atoms with van der Waals surface area (Å²) in [6.45, 7) is 0. The largest absolute Gasteiger partial charge is 0.493 e. The molecule has 0 amide bonds. The highest BCUT2D eigenvalue weighted by molar-refractivity contribution is 5.89. The molecule has 0 bridgehead atoms. The van der Waals surface area contributed by atoms with E-state index in [1.165, 1.54) is 7.11 Å². The maximum absolute atomic E-state index is 11.4. The maximum Gasteiger partial charge on any atom is 0.337 e. The van der Waals surface area contributed by atoms with E-state index < -0.39 is 0 Å². The van der Waals surface area contributed by atoms with Gasteiger partial charge >= 0.3 is 5.97 Å². The molecule has 0 spiro atoms. The molecule has 110 valence electrons. The third-order valence-electron chi connectivity index (χ3n) is 3.23. The van der Waals surface area contributed by atoms with Gasteiger partial charge in [0.25, 0.3) is 0 Å². The summed E-state index contributed by atoms with van der Waals surface area (Å²) in [4.78, 5) is 11.4. The first-order valence-electron chi connectivity index (χ1n) is 6.56. The number of rotatable bonds is 5. The molecule has 0 fully saturated rings. The molecule has 21 heavy (non-hydrogen) atoms. The molecular weight excluding hydrogens is 268 g/mol. The van der Waals surface area contributed by atoms with Gasteiger partial charge in [-0.25, -0.2) is 4.79 Å². The Labute approximate surface area is 124 Å². The summed E-state index contributed by atoms with van der Waals surface area (Å²) in [6.07, 6.45) is 0.752. The monoisotopic (exact) mass is 286 g/mol. The molecule has 0 aliphatic rings. The van der Waals surface area contributed by atoms with E-state index >= 15 is 0 Å². The lowest BCUT2D eigenvalue weighted by Crippen LogP contribution is -2.01. The van der Waals surface area contributed by atoms with Gasteiger partial charge in [0.15, 0.2) is 11.5 Å². The van der Waals surface area contributed by atoms with Crippen LogP contribution in [0.3, 0.4) is 0 Å². The van der Waals surface area contributed by atoms with Crippen LogP contribution in [0.4, 0.5) is 0 Å². The fourth-order valence-electron chi connectivity index (χ4n) is 2.10. The van der Waals surface area contributed by atoms with Crippen molar-refractivity contribution in [3.63, 3.8) is 0 Å². The van der Waals surface area contributed by atoms with Gasteiger partial charge in [-0.05, 0) is 41.8 Å². The van der Waals surface area contributed by atoms with E-state index in [2.05, 4.69) is 4.74 Å². The van der Waals surface area contributed by atoms with Gasteiger partial charge in [-0.2, -0.15) is 0 Å². The first kappa shape index (κ1) is 14.9. The molecule has 0 radical (unpaired) electrons. The van der Waals surface area contributed by atoms with Gasteiger partial charge in [-0.15, -0.1) is 0 Å². The molecule has 0 aromatic heterocycles. The van der Waals surface area contributed by atoms with Gasteiger partial charge < -0.3 is 14.2 Å². The first-order valence-corrected chi connectivity index (χ1v) is 6.56. The van der Waals surface area contributed by atoms with E-state index in [9.17, 15) is 4.79 Å². The summed E-state index contributed by atoms with van der Waals surface area (Å²) in [5.74, 6) is 1.09. The fourth-order valence-corrected chi connectivity index (χ4v) is 2.10. The van der Waals surface area contributed by atoms with Crippen LogP contribution in [0.15, 0.2) is 42.5 Å². The Hall–Kier alpha value is -2.49. The topological polar surface area (TPSA) is 44.8 Å². The molecule has 0 atom stereocenters. The second kappa shape index (κ2) is 6.79. The summed E-state index contributed by atoms with van der Waals surface area (Å²) in [5, 5.41) is 0. The summed E-state index contributed by atoms with van der Waals surface area (Å²) in [6, 6.07) is 13.2. The Bertz CT molecular complexity index is 617. The Kier molecular flexibility index (Phi) is 4.82. The van der Waals surface area contributed by atoms with Crippen LogP contribution in [0, 0.1) is 0 Å². The molecule has 2 aromatic carbocycles. The molecule has 0 aliphatic carbocycles. The quantitative estimate of drug-likeness (QED) is 0.792. The molecule has 2 aromatic rings. The van der Waals surface area contributed by atoms with E-state index in [1.54, 1.807) is 26.4 Å². The highest BCUT2D eigenvalue weighted by atomic mass is 16.5. The average Bonchev–Trinajstić information content (AvgIpc) is 2.54. The predicted molar refractivity (Wildman–Crippen MR) is 80.1 cm³/mol. The van der Waals surface area contributed by atoms with Gasteiger partial charge in [0, 0.05) is 0 Å². The smallest absolute Gasteiger partial charge is 0.337 e. The molecule has 0 saturated carbocycles. The predicted octanol–water partition coefficient (Wildman–Crippen LogP) is 3.08. The van der Waals surface area contributed by atoms with Crippen LogP contribution in [-0.2, 0) is 11.2 Å². The van der Waals surface area contributed by atoms with Crippen molar-refractivity contribution in [3.05, 3.63) is 59.2 Å². The van der Waals surface area contributed by atoms with Gasteiger partial charge in [0.05, 0.1) is 26.9 Å². The van der Waals surface area contributed by atoms with E-state index in [0.717, 1.165) is 17.5 Å². The number of esters is 1. The summed E-state index contributed by atoms with van der Waals surface area (Å²) in [7, 11) is 4.61. The Balaban J connectivity index is 2.16. The molecule has 0 N–H and O–H groups in total.